The maximum Gasteiger partial charge on any atom is 0.239 e. The second kappa shape index (κ2) is 5.74. The van der Waals surface area contributed by atoms with E-state index in [0.29, 0.717) is 32.0 Å². The summed E-state index contributed by atoms with van der Waals surface area (Å²) in [7, 11) is 1.68. The zero-order valence-electron chi connectivity index (χ0n) is 13.9. The number of rotatable bonds is 5. The molecule has 0 aromatic heterocycles. The molecule has 6 nitrogen and oxygen atoms in total. The molecule has 6 heteroatoms. The summed E-state index contributed by atoms with van der Waals surface area (Å²) in [5.74, 6) is 1.70. The largest absolute Gasteiger partial charge is 0.368 e. The van der Waals surface area contributed by atoms with Crippen LogP contribution < -0.4 is 5.32 Å². The van der Waals surface area contributed by atoms with E-state index in [9.17, 15) is 9.59 Å². The van der Waals surface area contributed by atoms with Crippen molar-refractivity contribution in [1.82, 2.24) is 15.1 Å². The third-order valence-corrected chi connectivity index (χ3v) is 5.69. The van der Waals surface area contributed by atoms with Crippen molar-refractivity contribution >= 4 is 11.8 Å². The van der Waals surface area contributed by atoms with E-state index < -0.39 is 0 Å². The highest BCUT2D eigenvalue weighted by molar-refractivity contribution is 5.82. The first-order valence-electron chi connectivity index (χ1n) is 8.96. The van der Waals surface area contributed by atoms with Crippen LogP contribution >= 0.6 is 0 Å². The molecule has 0 radical (unpaired) electrons. The standard InChI is InChI=1S/C17H27N3O3/c1-18-16(22)14-8-23-17(9-19(14)7-13-4-5-13)10-20(11-17)15(21)6-12-2-3-12/h12-14H,2-11H2,1H3,(H,18,22)/t14-/m1/s1. The Balaban J connectivity index is 1.35. The molecule has 0 bridgehead atoms. The van der Waals surface area contributed by atoms with Gasteiger partial charge in [0.2, 0.25) is 11.8 Å². The average Bonchev–Trinajstić information content (AvgIpc) is 3.40. The zero-order valence-corrected chi connectivity index (χ0v) is 13.9. The Hall–Kier alpha value is -1.14. The lowest BCUT2D eigenvalue weighted by Crippen LogP contribution is -2.73. The molecule has 2 aliphatic heterocycles. The van der Waals surface area contributed by atoms with Gasteiger partial charge in [-0.15, -0.1) is 0 Å². The van der Waals surface area contributed by atoms with Crippen molar-refractivity contribution in [2.24, 2.45) is 11.8 Å². The van der Waals surface area contributed by atoms with Gasteiger partial charge in [-0.1, -0.05) is 0 Å². The Bertz CT molecular complexity index is 495. The molecule has 2 amide bonds. The number of carbonyl (C=O) groups is 2. The fraction of sp³-hybridized carbons (Fsp3) is 0.882. The van der Waals surface area contributed by atoms with Crippen LogP contribution in [0.1, 0.15) is 32.1 Å². The smallest absolute Gasteiger partial charge is 0.239 e. The van der Waals surface area contributed by atoms with Crippen LogP contribution in [0.15, 0.2) is 0 Å². The fourth-order valence-corrected chi connectivity index (χ4v) is 3.83. The number of nitrogens with zero attached hydrogens (tertiary/aromatic N) is 2. The van der Waals surface area contributed by atoms with Gasteiger partial charge >= 0.3 is 0 Å². The first-order valence-corrected chi connectivity index (χ1v) is 8.96. The van der Waals surface area contributed by atoms with Crippen molar-refractivity contribution < 1.29 is 14.3 Å². The Morgan fingerprint density at radius 2 is 1.83 bits per heavy atom. The maximum absolute atomic E-state index is 12.2. The predicted molar refractivity (Wildman–Crippen MR) is 84.8 cm³/mol. The second-order valence-electron chi connectivity index (χ2n) is 7.89. The second-order valence-corrected chi connectivity index (χ2v) is 7.89. The molecule has 0 unspecified atom stereocenters. The number of carbonyl (C=O) groups excluding carboxylic acids is 2. The third kappa shape index (κ3) is 3.24. The van der Waals surface area contributed by atoms with Gasteiger partial charge < -0.3 is 15.0 Å². The molecule has 0 aromatic carbocycles. The molecule has 1 atom stereocenters. The van der Waals surface area contributed by atoms with E-state index in [4.69, 9.17) is 4.74 Å². The molecule has 1 N–H and O–H groups in total. The Labute approximate surface area is 137 Å². The van der Waals surface area contributed by atoms with Crippen LogP contribution in [0.4, 0.5) is 0 Å². The molecule has 2 saturated carbocycles. The monoisotopic (exact) mass is 321 g/mol. The number of amides is 2. The van der Waals surface area contributed by atoms with Crippen LogP contribution in [0.2, 0.25) is 0 Å². The first kappa shape index (κ1) is 15.4. The minimum atomic E-state index is -0.237. The number of nitrogens with one attached hydrogen (secondary N) is 1. The number of ether oxygens (including phenoxy) is 1. The molecular weight excluding hydrogens is 294 g/mol. The van der Waals surface area contributed by atoms with Gasteiger partial charge in [0.1, 0.15) is 11.6 Å². The van der Waals surface area contributed by atoms with Gasteiger partial charge in [-0.2, -0.15) is 0 Å². The quantitative estimate of drug-likeness (QED) is 0.787. The lowest BCUT2D eigenvalue weighted by molar-refractivity contribution is -0.204. The molecule has 0 aromatic rings. The van der Waals surface area contributed by atoms with Crippen LogP contribution in [0.5, 0.6) is 0 Å². The summed E-state index contributed by atoms with van der Waals surface area (Å²) in [6.07, 6.45) is 5.69. The van der Waals surface area contributed by atoms with Crippen molar-refractivity contribution in [1.29, 1.82) is 0 Å². The van der Waals surface area contributed by atoms with Crippen molar-refractivity contribution in [2.75, 3.05) is 39.8 Å². The van der Waals surface area contributed by atoms with E-state index in [1.165, 1.54) is 25.7 Å². The van der Waals surface area contributed by atoms with Crippen molar-refractivity contribution in [3.63, 3.8) is 0 Å². The summed E-state index contributed by atoms with van der Waals surface area (Å²) < 4.78 is 6.07. The van der Waals surface area contributed by atoms with Crippen molar-refractivity contribution in [3.8, 4) is 0 Å². The fourth-order valence-electron chi connectivity index (χ4n) is 3.83. The Morgan fingerprint density at radius 3 is 2.43 bits per heavy atom. The number of morpholine rings is 1. The maximum atomic E-state index is 12.2. The molecule has 4 aliphatic rings. The highest BCUT2D eigenvalue weighted by Crippen LogP contribution is 2.38. The normalized spacial score (nSPS) is 30.1. The van der Waals surface area contributed by atoms with Gasteiger partial charge in [-0.25, -0.2) is 0 Å². The third-order valence-electron chi connectivity index (χ3n) is 5.69. The number of hydrogen-bond acceptors (Lipinski definition) is 4. The van der Waals surface area contributed by atoms with Gasteiger partial charge in [0.15, 0.2) is 0 Å². The van der Waals surface area contributed by atoms with E-state index in [1.807, 2.05) is 4.90 Å². The van der Waals surface area contributed by atoms with Crippen LogP contribution in [0.25, 0.3) is 0 Å². The lowest BCUT2D eigenvalue weighted by Gasteiger charge is -2.55. The molecule has 4 fully saturated rings. The van der Waals surface area contributed by atoms with E-state index in [1.54, 1.807) is 7.05 Å². The van der Waals surface area contributed by atoms with Crippen LogP contribution in [-0.2, 0) is 14.3 Å². The zero-order chi connectivity index (χ0) is 16.0. The number of likely N-dealkylation sites (tertiary alicyclic amines) is 1. The van der Waals surface area contributed by atoms with E-state index in [2.05, 4.69) is 10.2 Å². The van der Waals surface area contributed by atoms with E-state index >= 15 is 0 Å². The SMILES string of the molecule is CNC(=O)[C@H]1COC2(CN(C(=O)CC3CC3)C2)CN1CC1CC1. The van der Waals surface area contributed by atoms with Crippen molar-refractivity contribution in [3.05, 3.63) is 0 Å². The summed E-state index contributed by atoms with van der Waals surface area (Å²) >= 11 is 0. The van der Waals surface area contributed by atoms with Gasteiger partial charge in [0.05, 0.1) is 19.7 Å². The molecule has 2 heterocycles. The summed E-state index contributed by atoms with van der Waals surface area (Å²) in [5, 5.41) is 2.75. The topological polar surface area (TPSA) is 61.9 Å². The highest BCUT2D eigenvalue weighted by Gasteiger charge is 2.52. The van der Waals surface area contributed by atoms with Gasteiger partial charge in [0.25, 0.3) is 0 Å². The highest BCUT2D eigenvalue weighted by atomic mass is 16.5. The summed E-state index contributed by atoms with van der Waals surface area (Å²) in [6.45, 7) is 3.59. The van der Waals surface area contributed by atoms with E-state index in [0.717, 1.165) is 19.0 Å². The molecule has 23 heavy (non-hydrogen) atoms. The minimum absolute atomic E-state index is 0.0430. The average molecular weight is 321 g/mol. The summed E-state index contributed by atoms with van der Waals surface area (Å²) in [5.41, 5.74) is -0.237. The Morgan fingerprint density at radius 1 is 1.13 bits per heavy atom. The molecule has 2 aliphatic carbocycles. The van der Waals surface area contributed by atoms with Crippen molar-refractivity contribution in [2.45, 2.75) is 43.7 Å². The number of likely N-dealkylation sites (N-methyl/N-ethyl adjacent to an activating group) is 1. The molecular formula is C17H27N3O3. The summed E-state index contributed by atoms with van der Waals surface area (Å²) in [4.78, 5) is 28.5. The minimum Gasteiger partial charge on any atom is -0.368 e. The van der Waals surface area contributed by atoms with Gasteiger partial charge in [0, 0.05) is 26.6 Å². The molecule has 1 spiro atoms. The van der Waals surface area contributed by atoms with Crippen LogP contribution in [0, 0.1) is 11.8 Å². The predicted octanol–water partition coefficient (Wildman–Crippen LogP) is 0.224. The van der Waals surface area contributed by atoms with Gasteiger partial charge in [-0.3, -0.25) is 14.5 Å². The van der Waals surface area contributed by atoms with E-state index in [-0.39, 0.29) is 23.5 Å². The van der Waals surface area contributed by atoms with Crippen LogP contribution in [-0.4, -0.2) is 73.1 Å². The molecule has 4 rings (SSSR count). The lowest BCUT2D eigenvalue weighted by atomic mass is 9.89. The van der Waals surface area contributed by atoms with Gasteiger partial charge in [-0.05, 0) is 37.5 Å². The number of hydrogen-bond donors (Lipinski definition) is 1. The first-order chi connectivity index (χ1) is 11.1. The summed E-state index contributed by atoms with van der Waals surface area (Å²) in [6, 6.07) is -0.178. The van der Waals surface area contributed by atoms with Crippen LogP contribution in [0.3, 0.4) is 0 Å². The molecule has 128 valence electrons. The molecule has 2 saturated heterocycles. The Kier molecular flexibility index (Phi) is 3.84.